The normalized spacial score (nSPS) is 19.3. The number of aryl methyl sites for hydroxylation is 1. The average Bonchev–Trinajstić information content (AvgIpc) is 3.32. The van der Waals surface area contributed by atoms with Crippen LogP contribution in [0, 0.1) is 6.92 Å². The summed E-state index contributed by atoms with van der Waals surface area (Å²) < 4.78 is 5.13. The molecule has 0 unspecified atom stereocenters. The highest BCUT2D eigenvalue weighted by atomic mass is 16.5. The van der Waals surface area contributed by atoms with Gasteiger partial charge in [-0.2, -0.15) is 4.98 Å². The molecule has 0 spiro atoms. The summed E-state index contributed by atoms with van der Waals surface area (Å²) in [6.07, 6.45) is 6.20. The lowest BCUT2D eigenvalue weighted by atomic mass is 9.95. The molecule has 1 aromatic heterocycles. The summed E-state index contributed by atoms with van der Waals surface area (Å²) in [5, 5.41) is 7.20. The highest BCUT2D eigenvalue weighted by Crippen LogP contribution is 2.37. The minimum atomic E-state index is -0.559. The van der Waals surface area contributed by atoms with E-state index >= 15 is 0 Å². The summed E-state index contributed by atoms with van der Waals surface area (Å²) in [5.74, 6) is 1.05. The maximum atomic E-state index is 12.9. The molecule has 1 N–H and O–H groups in total. The number of piperidine rings is 1. The Balaban J connectivity index is 1.51. The monoisotopic (exact) mass is 368 g/mol. The van der Waals surface area contributed by atoms with Crippen molar-refractivity contribution in [2.45, 2.75) is 57.4 Å². The molecule has 7 nitrogen and oxygen atoms in total. The average molecular weight is 368 g/mol. The number of amides is 2. The van der Waals surface area contributed by atoms with Gasteiger partial charge < -0.3 is 14.7 Å². The highest BCUT2D eigenvalue weighted by Gasteiger charge is 2.41. The van der Waals surface area contributed by atoms with Gasteiger partial charge in [-0.15, -0.1) is 0 Å². The number of benzene rings is 1. The largest absolute Gasteiger partial charge is 0.340 e. The molecule has 2 fully saturated rings. The molecule has 142 valence electrons. The summed E-state index contributed by atoms with van der Waals surface area (Å²) in [6, 6.07) is 7.24. The Morgan fingerprint density at radius 2 is 1.89 bits per heavy atom. The standard InChI is InChI=1S/C20H24N4O3/c1-14-21-19(23-27-14)20(11-3-4-12-20)22-18(26)15-7-9-16(10-8-15)24-13-5-2-6-17(24)25/h7-10H,2-6,11-13H2,1H3,(H,22,26). The third-order valence-corrected chi connectivity index (χ3v) is 5.53. The molecule has 7 heteroatoms. The zero-order chi connectivity index (χ0) is 18.9. The number of nitrogens with one attached hydrogen (secondary N) is 1. The van der Waals surface area contributed by atoms with Crippen LogP contribution in [0.4, 0.5) is 5.69 Å². The van der Waals surface area contributed by atoms with Gasteiger partial charge in [0.15, 0.2) is 5.82 Å². The van der Waals surface area contributed by atoms with E-state index in [1.807, 2.05) is 12.1 Å². The fraction of sp³-hybridized carbons (Fsp3) is 0.500. The number of nitrogens with zero attached hydrogens (tertiary/aromatic N) is 3. The topological polar surface area (TPSA) is 88.3 Å². The van der Waals surface area contributed by atoms with E-state index in [9.17, 15) is 9.59 Å². The predicted molar refractivity (Wildman–Crippen MR) is 99.3 cm³/mol. The summed E-state index contributed by atoms with van der Waals surface area (Å²) in [4.78, 5) is 31.1. The Kier molecular flexibility index (Phi) is 4.68. The number of hydrogen-bond acceptors (Lipinski definition) is 5. The van der Waals surface area contributed by atoms with Crippen LogP contribution in [0.2, 0.25) is 0 Å². The van der Waals surface area contributed by atoms with E-state index in [4.69, 9.17) is 4.52 Å². The number of anilines is 1. The van der Waals surface area contributed by atoms with E-state index in [0.717, 1.165) is 50.8 Å². The fourth-order valence-electron chi connectivity index (χ4n) is 4.04. The smallest absolute Gasteiger partial charge is 0.252 e. The molecule has 1 saturated heterocycles. The molecule has 1 saturated carbocycles. The van der Waals surface area contributed by atoms with Gasteiger partial charge in [-0.05, 0) is 49.9 Å². The highest BCUT2D eigenvalue weighted by molar-refractivity contribution is 5.97. The number of hydrogen-bond donors (Lipinski definition) is 1. The molecule has 1 aliphatic heterocycles. The molecule has 2 aromatic rings. The molecule has 0 radical (unpaired) electrons. The van der Waals surface area contributed by atoms with Crippen LogP contribution in [0.5, 0.6) is 0 Å². The Morgan fingerprint density at radius 3 is 2.52 bits per heavy atom. The first-order chi connectivity index (χ1) is 13.1. The van der Waals surface area contributed by atoms with Gasteiger partial charge in [-0.3, -0.25) is 9.59 Å². The third kappa shape index (κ3) is 3.46. The van der Waals surface area contributed by atoms with Crippen LogP contribution in [0.3, 0.4) is 0 Å². The van der Waals surface area contributed by atoms with Crippen LogP contribution >= 0.6 is 0 Å². The van der Waals surface area contributed by atoms with E-state index < -0.39 is 5.54 Å². The Bertz CT molecular complexity index is 837. The van der Waals surface area contributed by atoms with Gasteiger partial charge in [0.05, 0.1) is 0 Å². The maximum absolute atomic E-state index is 12.9. The van der Waals surface area contributed by atoms with Crippen molar-refractivity contribution in [3.05, 3.63) is 41.5 Å². The van der Waals surface area contributed by atoms with Gasteiger partial charge in [0.2, 0.25) is 11.8 Å². The second kappa shape index (κ2) is 7.13. The lowest BCUT2D eigenvalue weighted by molar-refractivity contribution is -0.119. The van der Waals surface area contributed by atoms with Crippen LogP contribution < -0.4 is 10.2 Å². The summed E-state index contributed by atoms with van der Waals surface area (Å²) in [6.45, 7) is 2.49. The zero-order valence-corrected chi connectivity index (χ0v) is 15.5. The van der Waals surface area contributed by atoms with Crippen molar-refractivity contribution in [1.82, 2.24) is 15.5 Å². The number of rotatable bonds is 4. The molecular formula is C20H24N4O3. The Morgan fingerprint density at radius 1 is 1.15 bits per heavy atom. The van der Waals surface area contributed by atoms with Crippen molar-refractivity contribution in [3.63, 3.8) is 0 Å². The first kappa shape index (κ1) is 17.7. The van der Waals surface area contributed by atoms with Crippen LogP contribution in [0.1, 0.15) is 67.0 Å². The number of aromatic nitrogens is 2. The molecule has 27 heavy (non-hydrogen) atoms. The van der Waals surface area contributed by atoms with Crippen molar-refractivity contribution in [1.29, 1.82) is 0 Å². The SMILES string of the molecule is Cc1nc(C2(NC(=O)c3ccc(N4CCCCC4=O)cc3)CCCC2)no1. The molecule has 2 heterocycles. The summed E-state index contributed by atoms with van der Waals surface area (Å²) in [5.41, 5.74) is 0.853. The van der Waals surface area contributed by atoms with Crippen molar-refractivity contribution in [3.8, 4) is 0 Å². The molecule has 2 aliphatic rings. The minimum absolute atomic E-state index is 0.149. The molecule has 0 atom stereocenters. The van der Waals surface area contributed by atoms with Crippen LogP contribution in [-0.4, -0.2) is 28.5 Å². The van der Waals surface area contributed by atoms with E-state index in [1.165, 1.54) is 0 Å². The van der Waals surface area contributed by atoms with Gasteiger partial charge in [0.25, 0.3) is 5.91 Å². The van der Waals surface area contributed by atoms with Crippen molar-refractivity contribution < 1.29 is 14.1 Å². The molecule has 0 bridgehead atoms. The van der Waals surface area contributed by atoms with Gasteiger partial charge in [0, 0.05) is 31.1 Å². The Labute approximate surface area is 158 Å². The molecule has 2 amide bonds. The van der Waals surface area contributed by atoms with Gasteiger partial charge >= 0.3 is 0 Å². The lowest BCUT2D eigenvalue weighted by Gasteiger charge is -2.28. The lowest BCUT2D eigenvalue weighted by Crippen LogP contribution is -2.44. The van der Waals surface area contributed by atoms with Crippen LogP contribution in [-0.2, 0) is 10.3 Å². The second-order valence-corrected chi connectivity index (χ2v) is 7.43. The summed E-state index contributed by atoms with van der Waals surface area (Å²) in [7, 11) is 0. The molecular weight excluding hydrogens is 344 g/mol. The van der Waals surface area contributed by atoms with Gasteiger partial charge in [-0.25, -0.2) is 0 Å². The van der Waals surface area contributed by atoms with E-state index in [-0.39, 0.29) is 11.8 Å². The van der Waals surface area contributed by atoms with E-state index in [0.29, 0.717) is 23.7 Å². The molecule has 4 rings (SSSR count). The zero-order valence-electron chi connectivity index (χ0n) is 15.5. The summed E-state index contributed by atoms with van der Waals surface area (Å²) >= 11 is 0. The first-order valence-corrected chi connectivity index (χ1v) is 9.61. The Hall–Kier alpha value is -2.70. The number of carbonyl (C=O) groups excluding carboxylic acids is 2. The van der Waals surface area contributed by atoms with Gasteiger partial charge in [0.1, 0.15) is 5.54 Å². The van der Waals surface area contributed by atoms with Gasteiger partial charge in [-0.1, -0.05) is 18.0 Å². The predicted octanol–water partition coefficient (Wildman–Crippen LogP) is 3.09. The van der Waals surface area contributed by atoms with Crippen LogP contribution in [0.25, 0.3) is 0 Å². The molecule has 1 aliphatic carbocycles. The number of carbonyl (C=O) groups is 2. The first-order valence-electron chi connectivity index (χ1n) is 9.61. The van der Waals surface area contributed by atoms with Crippen molar-refractivity contribution in [2.75, 3.05) is 11.4 Å². The maximum Gasteiger partial charge on any atom is 0.252 e. The van der Waals surface area contributed by atoms with Crippen LogP contribution in [0.15, 0.2) is 28.8 Å². The third-order valence-electron chi connectivity index (χ3n) is 5.53. The minimum Gasteiger partial charge on any atom is -0.340 e. The quantitative estimate of drug-likeness (QED) is 0.896. The van der Waals surface area contributed by atoms with Crippen molar-refractivity contribution >= 4 is 17.5 Å². The fourth-order valence-corrected chi connectivity index (χ4v) is 4.04. The van der Waals surface area contributed by atoms with E-state index in [1.54, 1.807) is 24.0 Å². The van der Waals surface area contributed by atoms with Crippen molar-refractivity contribution in [2.24, 2.45) is 0 Å². The second-order valence-electron chi connectivity index (χ2n) is 7.43. The van der Waals surface area contributed by atoms with E-state index in [2.05, 4.69) is 15.5 Å². The molecule has 1 aromatic carbocycles.